The molecule has 0 saturated heterocycles. The molecule has 3 aromatic rings. The summed E-state index contributed by atoms with van der Waals surface area (Å²) in [4.78, 5) is 12.1. The molecule has 0 radical (unpaired) electrons. The van der Waals surface area contributed by atoms with Crippen molar-refractivity contribution in [2.75, 3.05) is 6.54 Å². The number of hydrogen-bond acceptors (Lipinski definition) is 3. The van der Waals surface area contributed by atoms with Crippen LogP contribution in [0.25, 0.3) is 11.4 Å². The van der Waals surface area contributed by atoms with Gasteiger partial charge < -0.3 is 5.32 Å². The zero-order chi connectivity index (χ0) is 19.1. The molecular weight excluding hydrogens is 356 g/mol. The topological polar surface area (TPSA) is 62.7 Å². The fourth-order valence-corrected chi connectivity index (χ4v) is 2.78. The number of carbonyl (C=O) groups is 1. The molecule has 0 aliphatic carbocycles. The molecule has 0 aliphatic rings. The third kappa shape index (κ3) is 5.16. The number of H-pyrrole nitrogens is 1. The molecule has 0 aliphatic heterocycles. The van der Waals surface area contributed by atoms with Crippen LogP contribution < -0.4 is 5.32 Å². The third-order valence-corrected chi connectivity index (χ3v) is 4.32. The van der Waals surface area contributed by atoms with Crippen molar-refractivity contribution in [2.45, 2.75) is 19.9 Å². The molecule has 1 amide bonds. The zero-order valence-electron chi connectivity index (χ0n) is 15.0. The van der Waals surface area contributed by atoms with E-state index < -0.39 is 0 Å². The summed E-state index contributed by atoms with van der Waals surface area (Å²) < 4.78 is 2.34. The number of nitrogens with zero attached hydrogens (tertiary/aromatic N) is 2. The van der Waals surface area contributed by atoms with E-state index in [1.165, 1.54) is 5.56 Å². The number of carbonyl (C=O) groups excluding carboxylic acids is 1. The Morgan fingerprint density at radius 3 is 2.67 bits per heavy atom. The van der Waals surface area contributed by atoms with Gasteiger partial charge in [-0.25, -0.2) is 0 Å². The molecule has 5 nitrogen and oxygen atoms in total. The number of aryl methyl sites for hydroxylation is 1. The number of hydrogen-bond donors (Lipinski definition) is 2. The Bertz CT molecular complexity index is 1020. The van der Waals surface area contributed by atoms with Crippen LogP contribution in [0.5, 0.6) is 0 Å². The van der Waals surface area contributed by atoms with Crippen molar-refractivity contribution >= 4 is 18.1 Å². The molecule has 0 atom stereocenters. The van der Waals surface area contributed by atoms with E-state index in [1.54, 1.807) is 0 Å². The largest absolute Gasteiger partial charge is 0.345 e. The maximum absolute atomic E-state index is 12.1. The lowest BCUT2D eigenvalue weighted by molar-refractivity contribution is -0.121. The summed E-state index contributed by atoms with van der Waals surface area (Å²) in [6, 6.07) is 17.7. The molecule has 0 spiro atoms. The average molecular weight is 376 g/mol. The minimum atomic E-state index is -0.0738. The molecule has 2 aromatic carbocycles. The van der Waals surface area contributed by atoms with Gasteiger partial charge in [0.2, 0.25) is 5.91 Å². The normalized spacial score (nSPS) is 10.1. The van der Waals surface area contributed by atoms with E-state index >= 15 is 0 Å². The molecular formula is C21H20N4OS. The van der Waals surface area contributed by atoms with Crippen molar-refractivity contribution < 1.29 is 4.79 Å². The van der Waals surface area contributed by atoms with Crippen molar-refractivity contribution in [3.8, 4) is 23.2 Å². The molecule has 0 unspecified atom stereocenters. The third-order valence-electron chi connectivity index (χ3n) is 4.01. The van der Waals surface area contributed by atoms with Gasteiger partial charge >= 0.3 is 0 Å². The first-order valence-corrected chi connectivity index (χ1v) is 9.07. The van der Waals surface area contributed by atoms with Crippen molar-refractivity contribution in [2.24, 2.45) is 0 Å². The summed E-state index contributed by atoms with van der Waals surface area (Å²) in [6.07, 6.45) is 0.305. The Labute approximate surface area is 163 Å². The lowest BCUT2D eigenvalue weighted by Gasteiger charge is -2.07. The van der Waals surface area contributed by atoms with Gasteiger partial charge in [-0.2, -0.15) is 5.10 Å². The van der Waals surface area contributed by atoms with Gasteiger partial charge in [0.1, 0.15) is 0 Å². The number of aromatic amines is 1. The van der Waals surface area contributed by atoms with E-state index in [0.717, 1.165) is 17.0 Å². The monoisotopic (exact) mass is 376 g/mol. The maximum atomic E-state index is 12.1. The Kier molecular flexibility index (Phi) is 6.18. The van der Waals surface area contributed by atoms with E-state index in [-0.39, 0.29) is 5.91 Å². The van der Waals surface area contributed by atoms with Gasteiger partial charge in [0.15, 0.2) is 10.6 Å². The molecule has 0 fully saturated rings. The Morgan fingerprint density at radius 1 is 1.19 bits per heavy atom. The molecule has 2 N–H and O–H groups in total. The number of amides is 1. The van der Waals surface area contributed by atoms with Crippen LogP contribution in [0.4, 0.5) is 0 Å². The fourth-order valence-electron chi connectivity index (χ4n) is 2.56. The van der Waals surface area contributed by atoms with Crippen LogP contribution in [-0.4, -0.2) is 27.2 Å². The summed E-state index contributed by atoms with van der Waals surface area (Å²) >= 11 is 5.30. The fraction of sp³-hybridized carbons (Fsp3) is 0.190. The van der Waals surface area contributed by atoms with Crippen LogP contribution in [0.15, 0.2) is 54.6 Å². The average Bonchev–Trinajstić information content (AvgIpc) is 3.05. The van der Waals surface area contributed by atoms with Crippen LogP contribution in [0.1, 0.15) is 17.5 Å². The van der Waals surface area contributed by atoms with Crippen LogP contribution in [0.3, 0.4) is 0 Å². The van der Waals surface area contributed by atoms with Gasteiger partial charge in [0.05, 0.1) is 6.54 Å². The maximum Gasteiger partial charge on any atom is 0.222 e. The van der Waals surface area contributed by atoms with E-state index in [0.29, 0.717) is 24.3 Å². The molecule has 136 valence electrons. The van der Waals surface area contributed by atoms with Crippen molar-refractivity contribution in [1.82, 2.24) is 20.1 Å². The van der Waals surface area contributed by atoms with Crippen molar-refractivity contribution in [3.05, 3.63) is 70.5 Å². The van der Waals surface area contributed by atoms with Gasteiger partial charge in [-0.05, 0) is 31.3 Å². The Morgan fingerprint density at radius 2 is 1.93 bits per heavy atom. The lowest BCUT2D eigenvalue weighted by atomic mass is 10.1. The van der Waals surface area contributed by atoms with Gasteiger partial charge in [0.25, 0.3) is 0 Å². The summed E-state index contributed by atoms with van der Waals surface area (Å²) in [5.41, 5.74) is 3.07. The minimum absolute atomic E-state index is 0.0738. The van der Waals surface area contributed by atoms with Crippen LogP contribution >= 0.6 is 12.2 Å². The number of aromatic nitrogens is 3. The van der Waals surface area contributed by atoms with Crippen molar-refractivity contribution in [1.29, 1.82) is 0 Å². The van der Waals surface area contributed by atoms with Crippen LogP contribution in [0.2, 0.25) is 0 Å². The second kappa shape index (κ2) is 8.97. The molecule has 27 heavy (non-hydrogen) atoms. The first-order chi connectivity index (χ1) is 13.1. The predicted molar refractivity (Wildman–Crippen MR) is 109 cm³/mol. The lowest BCUT2D eigenvalue weighted by Crippen LogP contribution is -2.24. The van der Waals surface area contributed by atoms with Gasteiger partial charge in [-0.3, -0.25) is 14.5 Å². The van der Waals surface area contributed by atoms with Crippen molar-refractivity contribution in [3.63, 3.8) is 0 Å². The highest BCUT2D eigenvalue weighted by atomic mass is 32.1. The second-order valence-electron chi connectivity index (χ2n) is 6.06. The predicted octanol–water partition coefficient (Wildman–Crippen LogP) is 3.47. The molecule has 0 saturated carbocycles. The highest BCUT2D eigenvalue weighted by molar-refractivity contribution is 7.71. The summed E-state index contributed by atoms with van der Waals surface area (Å²) in [7, 11) is 0. The molecule has 0 bridgehead atoms. The SMILES string of the molecule is Cc1ccc(-c2n[nH]c(=S)n2CCC(=O)NCC#Cc2ccccc2)cc1. The first-order valence-electron chi connectivity index (χ1n) is 8.66. The summed E-state index contributed by atoms with van der Waals surface area (Å²) in [5, 5.41) is 9.91. The second-order valence-corrected chi connectivity index (χ2v) is 6.45. The standard InChI is InChI=1S/C21H20N4OS/c1-16-9-11-18(12-10-16)20-23-24-21(27)25(20)15-13-19(26)22-14-5-8-17-6-3-2-4-7-17/h2-4,6-7,9-12H,13-15H2,1H3,(H,22,26)(H,24,27). The van der Waals surface area contributed by atoms with E-state index in [2.05, 4.69) is 27.4 Å². The van der Waals surface area contributed by atoms with Crippen LogP contribution in [-0.2, 0) is 11.3 Å². The molecule has 6 heteroatoms. The van der Waals surface area contributed by atoms with E-state index in [1.807, 2.05) is 66.1 Å². The number of nitrogens with one attached hydrogen (secondary N) is 2. The summed E-state index contributed by atoms with van der Waals surface area (Å²) in [5.74, 6) is 6.62. The van der Waals surface area contributed by atoms with Gasteiger partial charge in [-0.1, -0.05) is 59.9 Å². The highest BCUT2D eigenvalue weighted by Crippen LogP contribution is 2.18. The molecule has 1 heterocycles. The minimum Gasteiger partial charge on any atom is -0.345 e. The smallest absolute Gasteiger partial charge is 0.222 e. The Balaban J connectivity index is 1.56. The zero-order valence-corrected chi connectivity index (χ0v) is 15.8. The summed E-state index contributed by atoms with van der Waals surface area (Å²) in [6.45, 7) is 2.80. The van der Waals surface area contributed by atoms with Gasteiger partial charge in [-0.15, -0.1) is 0 Å². The quantitative estimate of drug-likeness (QED) is 0.529. The number of rotatable bonds is 5. The van der Waals surface area contributed by atoms with E-state index in [9.17, 15) is 4.79 Å². The van der Waals surface area contributed by atoms with E-state index in [4.69, 9.17) is 12.2 Å². The highest BCUT2D eigenvalue weighted by Gasteiger charge is 2.10. The van der Waals surface area contributed by atoms with Crippen LogP contribution in [0, 0.1) is 23.5 Å². The van der Waals surface area contributed by atoms with Gasteiger partial charge in [0, 0.05) is 24.1 Å². The molecule has 1 aromatic heterocycles. The molecule has 3 rings (SSSR count). The Hall–Kier alpha value is -3.17. The number of benzene rings is 2. The first kappa shape index (κ1) is 18.6.